The van der Waals surface area contributed by atoms with Crippen molar-refractivity contribution >= 4 is 0 Å². The van der Waals surface area contributed by atoms with Crippen molar-refractivity contribution in [2.45, 2.75) is 65.7 Å². The summed E-state index contributed by atoms with van der Waals surface area (Å²) < 4.78 is 0. The highest BCUT2D eigenvalue weighted by molar-refractivity contribution is 5.32. The minimum Gasteiger partial charge on any atom is -0.316 e. The van der Waals surface area contributed by atoms with Crippen molar-refractivity contribution in [2.24, 2.45) is 11.8 Å². The Bertz CT molecular complexity index is 435. The minimum atomic E-state index is 0.757. The van der Waals surface area contributed by atoms with Gasteiger partial charge in [-0.05, 0) is 80.6 Å². The van der Waals surface area contributed by atoms with Crippen molar-refractivity contribution < 1.29 is 0 Å². The average molecular weight is 287 g/mol. The second kappa shape index (κ2) is 7.98. The largest absolute Gasteiger partial charge is 0.316 e. The first-order chi connectivity index (χ1) is 10.2. The van der Waals surface area contributed by atoms with E-state index in [9.17, 15) is 0 Å². The maximum Gasteiger partial charge on any atom is -0.00147 e. The Hall–Kier alpha value is -0.820. The summed E-state index contributed by atoms with van der Waals surface area (Å²) in [6.07, 6.45) is 6.79. The summed E-state index contributed by atoms with van der Waals surface area (Å²) in [5, 5.41) is 3.66. The second-order valence-electron chi connectivity index (χ2n) is 7.00. The molecule has 0 bridgehead atoms. The number of hydrogen-bond donors (Lipinski definition) is 1. The van der Waals surface area contributed by atoms with E-state index in [-0.39, 0.29) is 0 Å². The Labute approximate surface area is 131 Å². The van der Waals surface area contributed by atoms with Gasteiger partial charge in [-0.15, -0.1) is 0 Å². The van der Waals surface area contributed by atoms with Gasteiger partial charge in [0.15, 0.2) is 0 Å². The summed E-state index contributed by atoms with van der Waals surface area (Å²) >= 11 is 0. The van der Waals surface area contributed by atoms with Gasteiger partial charge < -0.3 is 5.32 Å². The van der Waals surface area contributed by atoms with Gasteiger partial charge >= 0.3 is 0 Å². The standard InChI is InChI=1S/C20H33N/c1-5-11-21-14-19-10-8-17(6-2)13-20(19)18-9-7-15(3)16(4)12-18/h7,9,12,17,19-21H,5-6,8,10-11,13-14H2,1-4H3. The van der Waals surface area contributed by atoms with E-state index in [1.807, 2.05) is 0 Å². The molecule has 3 atom stereocenters. The smallest absolute Gasteiger partial charge is 0.00147 e. The number of aryl methyl sites for hydroxylation is 2. The van der Waals surface area contributed by atoms with Crippen LogP contribution in [0, 0.1) is 25.7 Å². The molecule has 0 spiro atoms. The Balaban J connectivity index is 2.13. The van der Waals surface area contributed by atoms with Crippen LogP contribution in [0.15, 0.2) is 18.2 Å². The van der Waals surface area contributed by atoms with Crippen LogP contribution in [0.4, 0.5) is 0 Å². The quantitative estimate of drug-likeness (QED) is 0.708. The summed E-state index contributed by atoms with van der Waals surface area (Å²) in [6.45, 7) is 11.4. The average Bonchev–Trinajstić information content (AvgIpc) is 2.50. The zero-order chi connectivity index (χ0) is 15.2. The van der Waals surface area contributed by atoms with Gasteiger partial charge in [0.1, 0.15) is 0 Å². The van der Waals surface area contributed by atoms with E-state index < -0.39 is 0 Å². The molecule has 1 saturated carbocycles. The van der Waals surface area contributed by atoms with Crippen LogP contribution in [0.1, 0.15) is 68.6 Å². The molecule has 1 nitrogen and oxygen atoms in total. The van der Waals surface area contributed by atoms with Crippen molar-refractivity contribution in [3.63, 3.8) is 0 Å². The molecular weight excluding hydrogens is 254 g/mol. The molecule has 1 aromatic rings. The molecule has 1 aromatic carbocycles. The van der Waals surface area contributed by atoms with Crippen molar-refractivity contribution in [1.82, 2.24) is 5.32 Å². The molecule has 21 heavy (non-hydrogen) atoms. The fourth-order valence-electron chi connectivity index (χ4n) is 3.80. The lowest BCUT2D eigenvalue weighted by atomic mass is 9.70. The molecule has 0 saturated heterocycles. The van der Waals surface area contributed by atoms with E-state index in [0.29, 0.717) is 0 Å². The number of benzene rings is 1. The molecule has 1 aliphatic rings. The SMILES string of the molecule is CCCNCC1CCC(CC)CC1c1ccc(C)c(C)c1. The van der Waals surface area contributed by atoms with Gasteiger partial charge in [-0.25, -0.2) is 0 Å². The predicted octanol–water partition coefficient (Wildman–Crippen LogP) is 5.21. The summed E-state index contributed by atoms with van der Waals surface area (Å²) in [5.74, 6) is 2.51. The monoisotopic (exact) mass is 287 g/mol. The first-order valence-corrected chi connectivity index (χ1v) is 8.93. The fourth-order valence-corrected chi connectivity index (χ4v) is 3.80. The molecule has 0 amide bonds. The van der Waals surface area contributed by atoms with E-state index in [2.05, 4.69) is 51.2 Å². The summed E-state index contributed by atoms with van der Waals surface area (Å²) in [4.78, 5) is 0. The maximum absolute atomic E-state index is 3.66. The minimum absolute atomic E-state index is 0.757. The normalized spacial score (nSPS) is 26.0. The molecule has 1 N–H and O–H groups in total. The highest BCUT2D eigenvalue weighted by Gasteiger charge is 2.30. The van der Waals surface area contributed by atoms with Gasteiger partial charge in [0.2, 0.25) is 0 Å². The van der Waals surface area contributed by atoms with Crippen LogP contribution in [0.25, 0.3) is 0 Å². The van der Waals surface area contributed by atoms with E-state index in [4.69, 9.17) is 0 Å². The van der Waals surface area contributed by atoms with E-state index >= 15 is 0 Å². The predicted molar refractivity (Wildman–Crippen MR) is 92.9 cm³/mol. The molecule has 2 rings (SSSR count). The van der Waals surface area contributed by atoms with Crippen molar-refractivity contribution in [2.75, 3.05) is 13.1 Å². The fraction of sp³-hybridized carbons (Fsp3) is 0.700. The zero-order valence-electron chi connectivity index (χ0n) is 14.4. The van der Waals surface area contributed by atoms with Gasteiger partial charge in [-0.2, -0.15) is 0 Å². The number of hydrogen-bond acceptors (Lipinski definition) is 1. The van der Waals surface area contributed by atoms with Crippen LogP contribution in [-0.4, -0.2) is 13.1 Å². The summed E-state index contributed by atoms with van der Waals surface area (Å²) in [7, 11) is 0. The maximum atomic E-state index is 3.66. The van der Waals surface area contributed by atoms with Gasteiger partial charge in [0, 0.05) is 0 Å². The lowest BCUT2D eigenvalue weighted by Gasteiger charge is -2.37. The molecule has 118 valence electrons. The first kappa shape index (κ1) is 16.5. The Morgan fingerprint density at radius 3 is 2.57 bits per heavy atom. The van der Waals surface area contributed by atoms with Crippen LogP contribution in [0.5, 0.6) is 0 Å². The van der Waals surface area contributed by atoms with Gasteiger partial charge in [0.25, 0.3) is 0 Å². The van der Waals surface area contributed by atoms with Gasteiger partial charge in [-0.3, -0.25) is 0 Å². The first-order valence-electron chi connectivity index (χ1n) is 8.93. The molecule has 3 unspecified atom stereocenters. The van der Waals surface area contributed by atoms with Crippen molar-refractivity contribution in [3.8, 4) is 0 Å². The topological polar surface area (TPSA) is 12.0 Å². The Morgan fingerprint density at radius 1 is 1.10 bits per heavy atom. The number of rotatable bonds is 6. The molecule has 0 aromatic heterocycles. The molecule has 1 heteroatoms. The van der Waals surface area contributed by atoms with Crippen molar-refractivity contribution in [3.05, 3.63) is 34.9 Å². The Kier molecular flexibility index (Phi) is 6.29. The molecule has 0 radical (unpaired) electrons. The van der Waals surface area contributed by atoms with Gasteiger partial charge in [-0.1, -0.05) is 44.9 Å². The number of nitrogens with one attached hydrogen (secondary N) is 1. The highest BCUT2D eigenvalue weighted by Crippen LogP contribution is 2.41. The van der Waals surface area contributed by atoms with E-state index in [0.717, 1.165) is 24.3 Å². The third-order valence-electron chi connectivity index (χ3n) is 5.47. The van der Waals surface area contributed by atoms with Crippen LogP contribution >= 0.6 is 0 Å². The van der Waals surface area contributed by atoms with Crippen LogP contribution in [0.2, 0.25) is 0 Å². The van der Waals surface area contributed by atoms with Gasteiger partial charge in [0.05, 0.1) is 0 Å². The molecule has 1 fully saturated rings. The second-order valence-corrected chi connectivity index (χ2v) is 7.00. The van der Waals surface area contributed by atoms with Crippen LogP contribution < -0.4 is 5.32 Å². The summed E-state index contributed by atoms with van der Waals surface area (Å²) in [6, 6.07) is 7.15. The Morgan fingerprint density at radius 2 is 1.90 bits per heavy atom. The molecule has 0 aliphatic heterocycles. The third-order valence-corrected chi connectivity index (χ3v) is 5.47. The third kappa shape index (κ3) is 4.32. The highest BCUT2D eigenvalue weighted by atomic mass is 14.9. The lowest BCUT2D eigenvalue weighted by molar-refractivity contribution is 0.226. The summed E-state index contributed by atoms with van der Waals surface area (Å²) in [5.41, 5.74) is 4.45. The van der Waals surface area contributed by atoms with E-state index in [1.165, 1.54) is 49.8 Å². The molecule has 0 heterocycles. The van der Waals surface area contributed by atoms with Crippen molar-refractivity contribution in [1.29, 1.82) is 0 Å². The zero-order valence-corrected chi connectivity index (χ0v) is 14.4. The molecule has 1 aliphatic carbocycles. The van der Waals surface area contributed by atoms with E-state index in [1.54, 1.807) is 5.56 Å². The molecular formula is C20H33N. The lowest BCUT2D eigenvalue weighted by Crippen LogP contribution is -2.32. The van der Waals surface area contributed by atoms with Crippen LogP contribution in [0.3, 0.4) is 0 Å². The van der Waals surface area contributed by atoms with Crippen LogP contribution in [-0.2, 0) is 0 Å².